The number of anilines is 1. The van der Waals surface area contributed by atoms with Crippen LogP contribution in [-0.2, 0) is 0 Å². The van der Waals surface area contributed by atoms with Gasteiger partial charge in [-0.1, -0.05) is 19.1 Å². The van der Waals surface area contributed by atoms with Gasteiger partial charge < -0.3 is 5.32 Å². The van der Waals surface area contributed by atoms with Crippen molar-refractivity contribution in [1.82, 2.24) is 4.98 Å². The van der Waals surface area contributed by atoms with Gasteiger partial charge in [0.05, 0.1) is 11.0 Å². The fourth-order valence-electron chi connectivity index (χ4n) is 1.69. The third-order valence-electron chi connectivity index (χ3n) is 2.59. The standard InChI is InChI=1S/C12H13N3O2S/c1-2-9(12-13-7-8-18-12)14-10-5-3-4-6-11(10)15(16)17/h3-9,14H,2H2,1H3. The van der Waals surface area contributed by atoms with Gasteiger partial charge in [0, 0.05) is 17.6 Å². The molecule has 2 rings (SSSR count). The first-order valence-corrected chi connectivity index (χ1v) is 6.49. The molecule has 1 aromatic heterocycles. The van der Waals surface area contributed by atoms with Gasteiger partial charge in [0.2, 0.25) is 0 Å². The molecule has 0 saturated heterocycles. The van der Waals surface area contributed by atoms with Crippen molar-refractivity contribution in [3.8, 4) is 0 Å². The van der Waals surface area contributed by atoms with Gasteiger partial charge in [-0.25, -0.2) is 4.98 Å². The Morgan fingerprint density at radius 3 is 2.89 bits per heavy atom. The number of thiazole rings is 1. The van der Waals surface area contributed by atoms with Crippen LogP contribution in [0.15, 0.2) is 35.8 Å². The molecule has 0 spiro atoms. The molecule has 0 saturated carbocycles. The van der Waals surface area contributed by atoms with Gasteiger partial charge in [0.25, 0.3) is 5.69 Å². The molecule has 0 aliphatic heterocycles. The summed E-state index contributed by atoms with van der Waals surface area (Å²) in [6, 6.07) is 6.66. The van der Waals surface area contributed by atoms with Gasteiger partial charge in [0.1, 0.15) is 10.7 Å². The Morgan fingerprint density at radius 2 is 2.28 bits per heavy atom. The van der Waals surface area contributed by atoms with Crippen LogP contribution in [0.2, 0.25) is 0 Å². The highest BCUT2D eigenvalue weighted by Crippen LogP contribution is 2.29. The molecular formula is C12H13N3O2S. The number of nitro benzene ring substituents is 1. The van der Waals surface area contributed by atoms with Crippen LogP contribution in [0.5, 0.6) is 0 Å². The fraction of sp³-hybridized carbons (Fsp3) is 0.250. The third kappa shape index (κ3) is 2.65. The zero-order valence-corrected chi connectivity index (χ0v) is 10.7. The van der Waals surface area contributed by atoms with Crippen LogP contribution in [0.1, 0.15) is 24.4 Å². The first-order valence-electron chi connectivity index (χ1n) is 5.61. The van der Waals surface area contributed by atoms with E-state index in [-0.39, 0.29) is 16.7 Å². The van der Waals surface area contributed by atoms with E-state index in [0.29, 0.717) is 5.69 Å². The van der Waals surface area contributed by atoms with Crippen molar-refractivity contribution < 1.29 is 4.92 Å². The number of aromatic nitrogens is 1. The molecule has 0 aliphatic carbocycles. The van der Waals surface area contributed by atoms with Gasteiger partial charge >= 0.3 is 0 Å². The molecule has 5 nitrogen and oxygen atoms in total. The Bertz CT molecular complexity index is 528. The van der Waals surface area contributed by atoms with Crippen LogP contribution in [-0.4, -0.2) is 9.91 Å². The normalized spacial score (nSPS) is 12.1. The summed E-state index contributed by atoms with van der Waals surface area (Å²) in [7, 11) is 0. The highest BCUT2D eigenvalue weighted by atomic mass is 32.1. The minimum atomic E-state index is -0.378. The molecule has 18 heavy (non-hydrogen) atoms. The molecule has 94 valence electrons. The lowest BCUT2D eigenvalue weighted by Gasteiger charge is -2.15. The first-order chi connectivity index (χ1) is 8.72. The summed E-state index contributed by atoms with van der Waals surface area (Å²) in [4.78, 5) is 14.8. The van der Waals surface area contributed by atoms with Crippen molar-refractivity contribution in [3.63, 3.8) is 0 Å². The summed E-state index contributed by atoms with van der Waals surface area (Å²) in [6.45, 7) is 2.02. The summed E-state index contributed by atoms with van der Waals surface area (Å²) in [6.07, 6.45) is 2.56. The Morgan fingerprint density at radius 1 is 1.50 bits per heavy atom. The largest absolute Gasteiger partial charge is 0.370 e. The van der Waals surface area contributed by atoms with Gasteiger partial charge in [-0.3, -0.25) is 10.1 Å². The summed E-state index contributed by atoms with van der Waals surface area (Å²) in [5, 5.41) is 17.0. The number of nitro groups is 1. The molecule has 0 radical (unpaired) electrons. The molecule has 1 unspecified atom stereocenters. The van der Waals surface area contributed by atoms with Crippen LogP contribution < -0.4 is 5.32 Å². The molecule has 0 bridgehead atoms. The van der Waals surface area contributed by atoms with Gasteiger partial charge in [-0.05, 0) is 12.5 Å². The average molecular weight is 263 g/mol. The maximum Gasteiger partial charge on any atom is 0.292 e. The molecular weight excluding hydrogens is 250 g/mol. The minimum Gasteiger partial charge on any atom is -0.370 e. The number of nitrogens with zero attached hydrogens (tertiary/aromatic N) is 2. The zero-order chi connectivity index (χ0) is 13.0. The molecule has 0 fully saturated rings. The molecule has 1 heterocycles. The number of nitrogens with one attached hydrogen (secondary N) is 1. The highest BCUT2D eigenvalue weighted by Gasteiger charge is 2.17. The lowest BCUT2D eigenvalue weighted by atomic mass is 10.2. The van der Waals surface area contributed by atoms with Crippen LogP contribution in [0.4, 0.5) is 11.4 Å². The van der Waals surface area contributed by atoms with Crippen LogP contribution in [0.3, 0.4) is 0 Å². The predicted molar refractivity (Wildman–Crippen MR) is 71.9 cm³/mol. The van der Waals surface area contributed by atoms with Crippen LogP contribution >= 0.6 is 11.3 Å². The van der Waals surface area contributed by atoms with E-state index >= 15 is 0 Å². The highest BCUT2D eigenvalue weighted by molar-refractivity contribution is 7.09. The van der Waals surface area contributed by atoms with E-state index in [1.54, 1.807) is 35.7 Å². The minimum absolute atomic E-state index is 0.00565. The summed E-state index contributed by atoms with van der Waals surface area (Å²) in [5.74, 6) is 0. The van der Waals surface area contributed by atoms with E-state index in [4.69, 9.17) is 0 Å². The summed E-state index contributed by atoms with van der Waals surface area (Å²) in [5.41, 5.74) is 0.622. The van der Waals surface area contributed by atoms with E-state index < -0.39 is 0 Å². The Balaban J connectivity index is 2.25. The van der Waals surface area contributed by atoms with E-state index in [2.05, 4.69) is 10.3 Å². The molecule has 6 heteroatoms. The number of hydrogen-bond acceptors (Lipinski definition) is 5. The molecule has 0 amide bonds. The van der Waals surface area contributed by atoms with Gasteiger partial charge in [-0.15, -0.1) is 11.3 Å². The van der Waals surface area contributed by atoms with Crippen LogP contribution in [0, 0.1) is 10.1 Å². The second-order valence-corrected chi connectivity index (χ2v) is 4.68. The van der Waals surface area contributed by atoms with Crippen molar-refractivity contribution in [3.05, 3.63) is 51.0 Å². The maximum atomic E-state index is 10.9. The SMILES string of the molecule is CCC(Nc1ccccc1[N+](=O)[O-])c1nccs1. The second-order valence-electron chi connectivity index (χ2n) is 3.75. The van der Waals surface area contributed by atoms with E-state index in [9.17, 15) is 10.1 Å². The van der Waals surface area contributed by atoms with E-state index in [1.807, 2.05) is 12.3 Å². The smallest absolute Gasteiger partial charge is 0.292 e. The Labute approximate surface area is 109 Å². The number of rotatable bonds is 5. The Kier molecular flexibility index (Phi) is 3.88. The monoisotopic (exact) mass is 263 g/mol. The molecule has 0 aliphatic rings. The quantitative estimate of drug-likeness (QED) is 0.661. The molecule has 1 atom stereocenters. The predicted octanol–water partition coefficient (Wildman–Crippen LogP) is 3.61. The number of para-hydroxylation sites is 2. The zero-order valence-electron chi connectivity index (χ0n) is 9.87. The first kappa shape index (κ1) is 12.5. The average Bonchev–Trinajstić information content (AvgIpc) is 2.90. The fourth-order valence-corrected chi connectivity index (χ4v) is 2.46. The topological polar surface area (TPSA) is 68.1 Å². The number of hydrogen-bond donors (Lipinski definition) is 1. The van der Waals surface area contributed by atoms with Crippen molar-refractivity contribution >= 4 is 22.7 Å². The lowest BCUT2D eigenvalue weighted by Crippen LogP contribution is -2.10. The molecule has 1 N–H and O–H groups in total. The molecule has 1 aromatic carbocycles. The Hall–Kier alpha value is -1.95. The summed E-state index contributed by atoms with van der Waals surface area (Å²) >= 11 is 1.55. The van der Waals surface area contributed by atoms with Crippen molar-refractivity contribution in [1.29, 1.82) is 0 Å². The number of benzene rings is 1. The lowest BCUT2D eigenvalue weighted by molar-refractivity contribution is -0.384. The van der Waals surface area contributed by atoms with Gasteiger partial charge in [0.15, 0.2) is 0 Å². The van der Waals surface area contributed by atoms with E-state index in [1.165, 1.54) is 6.07 Å². The van der Waals surface area contributed by atoms with Crippen LogP contribution in [0.25, 0.3) is 0 Å². The van der Waals surface area contributed by atoms with Crippen molar-refractivity contribution in [2.24, 2.45) is 0 Å². The second kappa shape index (κ2) is 5.59. The van der Waals surface area contributed by atoms with Crippen molar-refractivity contribution in [2.45, 2.75) is 19.4 Å². The molecule has 2 aromatic rings. The summed E-state index contributed by atoms with van der Waals surface area (Å²) < 4.78 is 0. The third-order valence-corrected chi connectivity index (χ3v) is 3.48. The maximum absolute atomic E-state index is 10.9. The van der Waals surface area contributed by atoms with Gasteiger partial charge in [-0.2, -0.15) is 0 Å². The van der Waals surface area contributed by atoms with E-state index in [0.717, 1.165) is 11.4 Å². The van der Waals surface area contributed by atoms with Crippen molar-refractivity contribution in [2.75, 3.05) is 5.32 Å².